The van der Waals surface area contributed by atoms with E-state index >= 15 is 0 Å². The van der Waals surface area contributed by atoms with Crippen LogP contribution in [0, 0.1) is 0 Å². The number of rotatable bonds is 3. The second kappa shape index (κ2) is 7.77. The van der Waals surface area contributed by atoms with Gasteiger partial charge >= 0.3 is 12.2 Å². The van der Waals surface area contributed by atoms with E-state index in [0.717, 1.165) is 25.2 Å². The SMILES string of the molecule is COc1nc(N2CCNCC2)c2cc(Cl)c(-c3nc(N)ccc3C(F)(F)F)cc2n1. The molecule has 0 bridgehead atoms. The quantitative estimate of drug-likeness (QED) is 0.648. The highest BCUT2D eigenvalue weighted by Gasteiger charge is 2.35. The molecule has 3 heterocycles. The average molecular weight is 439 g/mol. The van der Waals surface area contributed by atoms with Crippen LogP contribution in [0.1, 0.15) is 5.56 Å². The average Bonchev–Trinajstić information content (AvgIpc) is 2.72. The Hall–Kier alpha value is -2.85. The number of methoxy groups -OCH3 is 1. The molecule has 1 aliphatic rings. The summed E-state index contributed by atoms with van der Waals surface area (Å²) in [6, 6.07) is 5.14. The van der Waals surface area contributed by atoms with Gasteiger partial charge in [0.1, 0.15) is 11.6 Å². The van der Waals surface area contributed by atoms with Crippen molar-refractivity contribution in [3.8, 4) is 17.3 Å². The van der Waals surface area contributed by atoms with Crippen LogP contribution in [0.25, 0.3) is 22.2 Å². The van der Waals surface area contributed by atoms with E-state index < -0.39 is 11.7 Å². The Kier molecular flexibility index (Phi) is 5.29. The highest BCUT2D eigenvalue weighted by molar-refractivity contribution is 6.34. The zero-order chi connectivity index (χ0) is 21.5. The second-order valence-corrected chi connectivity index (χ2v) is 7.16. The van der Waals surface area contributed by atoms with E-state index in [1.165, 1.54) is 13.2 Å². The van der Waals surface area contributed by atoms with Crippen LogP contribution < -0.4 is 20.7 Å². The van der Waals surface area contributed by atoms with Crippen molar-refractivity contribution in [1.82, 2.24) is 20.3 Å². The maximum absolute atomic E-state index is 13.6. The highest BCUT2D eigenvalue weighted by atomic mass is 35.5. The van der Waals surface area contributed by atoms with Crippen LogP contribution >= 0.6 is 11.6 Å². The Morgan fingerprint density at radius 1 is 1.13 bits per heavy atom. The number of benzene rings is 1. The number of nitrogens with zero attached hydrogens (tertiary/aromatic N) is 4. The van der Waals surface area contributed by atoms with Crippen molar-refractivity contribution in [2.24, 2.45) is 0 Å². The van der Waals surface area contributed by atoms with Crippen LogP contribution in [-0.2, 0) is 6.18 Å². The number of alkyl halides is 3. The molecule has 0 unspecified atom stereocenters. The predicted molar refractivity (Wildman–Crippen MR) is 109 cm³/mol. The molecule has 30 heavy (non-hydrogen) atoms. The third kappa shape index (κ3) is 3.80. The summed E-state index contributed by atoms with van der Waals surface area (Å²) in [5, 5.41) is 3.97. The molecule has 1 aliphatic heterocycles. The molecular formula is C19H18ClF3N6O. The highest BCUT2D eigenvalue weighted by Crippen LogP contribution is 2.41. The molecule has 158 valence electrons. The first kappa shape index (κ1) is 20.4. The van der Waals surface area contributed by atoms with E-state index in [0.29, 0.717) is 29.8 Å². The molecule has 2 aromatic heterocycles. The zero-order valence-electron chi connectivity index (χ0n) is 15.9. The molecule has 0 amide bonds. The smallest absolute Gasteiger partial charge is 0.418 e. The third-order valence-electron chi connectivity index (χ3n) is 4.82. The first-order valence-corrected chi connectivity index (χ1v) is 9.51. The summed E-state index contributed by atoms with van der Waals surface area (Å²) in [4.78, 5) is 14.7. The molecule has 0 radical (unpaired) electrons. The summed E-state index contributed by atoms with van der Waals surface area (Å²) >= 11 is 6.43. The van der Waals surface area contributed by atoms with Crippen molar-refractivity contribution in [2.75, 3.05) is 43.9 Å². The fourth-order valence-corrected chi connectivity index (χ4v) is 3.66. The number of nitrogens with two attached hydrogens (primary N) is 1. The van der Waals surface area contributed by atoms with Gasteiger partial charge in [-0.3, -0.25) is 0 Å². The number of anilines is 2. The molecule has 7 nitrogen and oxygen atoms in total. The van der Waals surface area contributed by atoms with Crippen molar-refractivity contribution in [2.45, 2.75) is 6.18 Å². The number of nitrogens with one attached hydrogen (secondary N) is 1. The lowest BCUT2D eigenvalue weighted by atomic mass is 10.0. The van der Waals surface area contributed by atoms with Gasteiger partial charge in [0.25, 0.3) is 0 Å². The fourth-order valence-electron chi connectivity index (χ4n) is 3.41. The van der Waals surface area contributed by atoms with E-state index in [1.54, 1.807) is 6.07 Å². The van der Waals surface area contributed by atoms with Gasteiger partial charge in [-0.1, -0.05) is 11.6 Å². The maximum Gasteiger partial charge on any atom is 0.418 e. The summed E-state index contributed by atoms with van der Waals surface area (Å²) in [6.07, 6.45) is -4.62. The monoisotopic (exact) mass is 438 g/mol. The number of nitrogen functional groups attached to an aromatic ring is 1. The van der Waals surface area contributed by atoms with E-state index in [4.69, 9.17) is 22.1 Å². The molecule has 11 heteroatoms. The Bertz CT molecular complexity index is 1100. The summed E-state index contributed by atoms with van der Waals surface area (Å²) in [7, 11) is 1.43. The van der Waals surface area contributed by atoms with Crippen molar-refractivity contribution in [3.05, 3.63) is 34.9 Å². The molecule has 3 N–H and O–H groups in total. The lowest BCUT2D eigenvalue weighted by molar-refractivity contribution is -0.137. The van der Waals surface area contributed by atoms with Crippen molar-refractivity contribution in [1.29, 1.82) is 0 Å². The molecule has 0 saturated carbocycles. The molecule has 3 aromatic rings. The van der Waals surface area contributed by atoms with Gasteiger partial charge in [-0.25, -0.2) is 4.98 Å². The Balaban J connectivity index is 1.94. The van der Waals surface area contributed by atoms with Gasteiger partial charge in [0.2, 0.25) is 0 Å². The van der Waals surface area contributed by atoms with Gasteiger partial charge in [0.05, 0.1) is 28.9 Å². The summed E-state index contributed by atoms with van der Waals surface area (Å²) in [6.45, 7) is 2.98. The minimum Gasteiger partial charge on any atom is -0.467 e. The zero-order valence-corrected chi connectivity index (χ0v) is 16.7. The van der Waals surface area contributed by atoms with Crippen LogP contribution in [0.2, 0.25) is 5.02 Å². The molecule has 1 saturated heterocycles. The van der Waals surface area contributed by atoms with Crippen LogP contribution in [0.5, 0.6) is 6.01 Å². The third-order valence-corrected chi connectivity index (χ3v) is 5.13. The van der Waals surface area contributed by atoms with Crippen LogP contribution in [0.4, 0.5) is 24.8 Å². The molecule has 0 aliphatic carbocycles. The normalized spacial score (nSPS) is 14.9. The van der Waals surface area contributed by atoms with Crippen LogP contribution in [0.3, 0.4) is 0 Å². The van der Waals surface area contributed by atoms with Gasteiger partial charge < -0.3 is 20.7 Å². The molecule has 0 spiro atoms. The molecule has 1 fully saturated rings. The van der Waals surface area contributed by atoms with E-state index in [1.807, 2.05) is 0 Å². The van der Waals surface area contributed by atoms with Gasteiger partial charge in [0.15, 0.2) is 0 Å². The van der Waals surface area contributed by atoms with Gasteiger partial charge in [0, 0.05) is 37.1 Å². The first-order chi connectivity index (χ1) is 14.3. The lowest BCUT2D eigenvalue weighted by Crippen LogP contribution is -2.44. The van der Waals surface area contributed by atoms with Crippen LogP contribution in [0.15, 0.2) is 24.3 Å². The molecular weight excluding hydrogens is 421 g/mol. The first-order valence-electron chi connectivity index (χ1n) is 9.13. The number of hydrogen-bond donors (Lipinski definition) is 2. The van der Waals surface area contributed by atoms with E-state index in [-0.39, 0.29) is 28.1 Å². The summed E-state index contributed by atoms with van der Waals surface area (Å²) < 4.78 is 45.9. The maximum atomic E-state index is 13.6. The summed E-state index contributed by atoms with van der Waals surface area (Å²) in [5.74, 6) is 0.569. The molecule has 1 aromatic carbocycles. The van der Waals surface area contributed by atoms with E-state index in [2.05, 4.69) is 25.2 Å². The number of piperazine rings is 1. The van der Waals surface area contributed by atoms with Gasteiger partial charge in [-0.15, -0.1) is 0 Å². The number of hydrogen-bond acceptors (Lipinski definition) is 7. The second-order valence-electron chi connectivity index (χ2n) is 6.75. The van der Waals surface area contributed by atoms with Crippen molar-refractivity contribution < 1.29 is 17.9 Å². The molecule has 4 rings (SSSR count). The van der Waals surface area contributed by atoms with Gasteiger partial charge in [-0.2, -0.15) is 23.1 Å². The summed E-state index contributed by atoms with van der Waals surface area (Å²) in [5.41, 5.74) is 4.85. The number of ether oxygens (including phenoxy) is 1. The Morgan fingerprint density at radius 3 is 2.53 bits per heavy atom. The van der Waals surface area contributed by atoms with Crippen molar-refractivity contribution >= 4 is 34.1 Å². The van der Waals surface area contributed by atoms with E-state index in [9.17, 15) is 13.2 Å². The number of fused-ring (bicyclic) bond motifs is 1. The predicted octanol–water partition coefficient (Wildman–Crippen LogP) is 3.36. The Labute approximate surface area is 175 Å². The number of pyridine rings is 1. The fraction of sp³-hybridized carbons (Fsp3) is 0.316. The Morgan fingerprint density at radius 2 is 1.87 bits per heavy atom. The minimum atomic E-state index is -4.62. The van der Waals surface area contributed by atoms with Gasteiger partial charge in [-0.05, 0) is 24.3 Å². The topological polar surface area (TPSA) is 89.2 Å². The van der Waals surface area contributed by atoms with Crippen LogP contribution in [-0.4, -0.2) is 48.2 Å². The van der Waals surface area contributed by atoms with Crippen molar-refractivity contribution in [3.63, 3.8) is 0 Å². The standard InChI is InChI=1S/C19H18ClF3N6O/c1-30-18-26-14-9-10(16-12(19(21,22)23)2-3-15(24)27-16)13(20)8-11(14)17(28-18)29-6-4-25-5-7-29/h2-3,8-9,25H,4-7H2,1H3,(H2,24,27). The minimum absolute atomic E-state index is 0.0454. The number of halogens is 4. The number of aromatic nitrogens is 3. The molecule has 0 atom stereocenters. The largest absolute Gasteiger partial charge is 0.467 e. The lowest BCUT2D eigenvalue weighted by Gasteiger charge is -2.29.